The van der Waals surface area contributed by atoms with E-state index in [0.29, 0.717) is 23.9 Å². The summed E-state index contributed by atoms with van der Waals surface area (Å²) < 4.78 is 12.3. The van der Waals surface area contributed by atoms with Crippen molar-refractivity contribution in [2.75, 3.05) is 12.9 Å². The maximum Gasteiger partial charge on any atom is 0.157 e. The fourth-order valence-electron chi connectivity index (χ4n) is 5.04. The topological polar surface area (TPSA) is 38.7 Å². The first-order chi connectivity index (χ1) is 14.0. The van der Waals surface area contributed by atoms with E-state index in [-0.39, 0.29) is 12.4 Å². The van der Waals surface area contributed by atoms with Crippen LogP contribution in [0, 0.1) is 17.8 Å². The van der Waals surface area contributed by atoms with Gasteiger partial charge in [0.25, 0.3) is 0 Å². The maximum absolute atomic E-state index is 10.6. The van der Waals surface area contributed by atoms with Crippen molar-refractivity contribution in [2.45, 2.75) is 128 Å². The zero-order chi connectivity index (χ0) is 21.1. The quantitative estimate of drug-likeness (QED) is 0.533. The molecule has 2 aliphatic rings. The van der Waals surface area contributed by atoms with Crippen LogP contribution in [0.15, 0.2) is 0 Å². The van der Waals surface area contributed by atoms with Gasteiger partial charge in [-0.05, 0) is 68.5 Å². The van der Waals surface area contributed by atoms with Crippen LogP contribution in [0.1, 0.15) is 104 Å². The van der Waals surface area contributed by atoms with Crippen LogP contribution in [0.3, 0.4) is 0 Å². The Balaban J connectivity index is 1.95. The summed E-state index contributed by atoms with van der Waals surface area (Å²) in [4.78, 5) is 0. The van der Waals surface area contributed by atoms with Crippen LogP contribution in [0.2, 0.25) is 0 Å². The molecule has 0 aliphatic carbocycles. The molecule has 4 unspecified atom stereocenters. The Hall–Kier alpha value is 0.230. The molecular weight excluding hydrogens is 380 g/mol. The minimum atomic E-state index is -0.204. The van der Waals surface area contributed by atoms with Gasteiger partial charge in [0.15, 0.2) is 6.29 Å². The van der Waals surface area contributed by atoms with Gasteiger partial charge in [0, 0.05) is 12.4 Å². The predicted molar refractivity (Wildman–Crippen MR) is 125 cm³/mol. The molecule has 29 heavy (non-hydrogen) atoms. The molecule has 2 heterocycles. The Labute approximate surface area is 185 Å². The van der Waals surface area contributed by atoms with Crippen molar-refractivity contribution in [1.82, 2.24) is 0 Å². The van der Waals surface area contributed by atoms with Crippen molar-refractivity contribution >= 4 is 11.8 Å². The van der Waals surface area contributed by atoms with Crippen LogP contribution in [-0.2, 0) is 9.47 Å². The molecule has 4 heteroatoms. The highest BCUT2D eigenvalue weighted by Gasteiger charge is 2.27. The lowest BCUT2D eigenvalue weighted by Crippen LogP contribution is -2.31. The molecule has 7 atom stereocenters. The van der Waals surface area contributed by atoms with Gasteiger partial charge in [-0.3, -0.25) is 0 Å². The molecule has 0 amide bonds. The Kier molecular flexibility index (Phi) is 12.6. The summed E-state index contributed by atoms with van der Waals surface area (Å²) in [6.45, 7) is 6.88. The van der Waals surface area contributed by atoms with E-state index >= 15 is 0 Å². The molecule has 0 saturated carbocycles. The molecule has 1 N–H and O–H groups in total. The lowest BCUT2D eigenvalue weighted by atomic mass is 9.88. The third kappa shape index (κ3) is 9.93. The Morgan fingerprint density at radius 2 is 1.69 bits per heavy atom. The Morgan fingerprint density at radius 1 is 0.966 bits per heavy atom. The lowest BCUT2D eigenvalue weighted by Gasteiger charge is -2.31. The molecule has 0 aromatic heterocycles. The molecule has 0 radical (unpaired) electrons. The highest BCUT2D eigenvalue weighted by Crippen LogP contribution is 2.34. The van der Waals surface area contributed by atoms with E-state index in [4.69, 9.17) is 9.47 Å². The smallest absolute Gasteiger partial charge is 0.157 e. The van der Waals surface area contributed by atoms with E-state index in [1.165, 1.54) is 63.5 Å². The second-order valence-corrected chi connectivity index (χ2v) is 11.4. The number of hydrogen-bond acceptors (Lipinski definition) is 4. The fourth-order valence-corrected chi connectivity index (χ4v) is 6.48. The monoisotopic (exact) mass is 428 g/mol. The van der Waals surface area contributed by atoms with E-state index in [1.807, 2.05) is 0 Å². The predicted octanol–water partition coefficient (Wildman–Crippen LogP) is 6.81. The minimum absolute atomic E-state index is 0.140. The van der Waals surface area contributed by atoms with E-state index in [2.05, 4.69) is 32.5 Å². The zero-order valence-electron chi connectivity index (χ0n) is 19.6. The molecule has 0 bridgehead atoms. The number of aliphatic hydroxyl groups excluding tert-OH is 1. The SMILES string of the molecule is COC1CC[C@H](C)C(O)C[C@@H](C)CCCCCCCC([C@@H](C)CC2CCCS2)O1. The number of aliphatic hydroxyl groups is 1. The fraction of sp³-hybridized carbons (Fsp3) is 1.00. The van der Waals surface area contributed by atoms with E-state index in [1.54, 1.807) is 7.11 Å². The van der Waals surface area contributed by atoms with E-state index < -0.39 is 0 Å². The lowest BCUT2D eigenvalue weighted by molar-refractivity contribution is -0.175. The second-order valence-electron chi connectivity index (χ2n) is 10.00. The van der Waals surface area contributed by atoms with Gasteiger partial charge in [0.05, 0.1) is 12.2 Å². The average Bonchev–Trinajstić information content (AvgIpc) is 3.20. The number of hydrogen-bond donors (Lipinski definition) is 1. The summed E-state index contributed by atoms with van der Waals surface area (Å²) in [5.41, 5.74) is 0. The van der Waals surface area contributed by atoms with Crippen LogP contribution in [-0.4, -0.2) is 41.7 Å². The molecule has 0 aromatic carbocycles. The van der Waals surface area contributed by atoms with Gasteiger partial charge in [0.1, 0.15) is 0 Å². The summed E-state index contributed by atoms with van der Waals surface area (Å²) in [6.07, 6.45) is 15.7. The number of ether oxygens (including phenoxy) is 2. The maximum atomic E-state index is 10.6. The second kappa shape index (κ2) is 14.3. The van der Waals surface area contributed by atoms with Gasteiger partial charge in [-0.25, -0.2) is 0 Å². The van der Waals surface area contributed by atoms with E-state index in [0.717, 1.165) is 30.9 Å². The standard InChI is InChI=1S/C25H48O3S/c1-19-11-8-6-5-7-9-13-24(21(3)18-22-12-10-16-29-22)28-25(27-4)15-14-20(2)23(26)17-19/h19-26H,5-18H2,1-4H3/t19-,20-,21-,22?,23?,24?,25?/m0/s1. The average molecular weight is 429 g/mol. The molecule has 2 fully saturated rings. The third-order valence-electron chi connectivity index (χ3n) is 7.23. The zero-order valence-corrected chi connectivity index (χ0v) is 20.4. The van der Waals surface area contributed by atoms with Crippen LogP contribution >= 0.6 is 11.8 Å². The molecular formula is C25H48O3S. The van der Waals surface area contributed by atoms with Crippen LogP contribution in [0.25, 0.3) is 0 Å². The van der Waals surface area contributed by atoms with Crippen molar-refractivity contribution in [3.63, 3.8) is 0 Å². The summed E-state index contributed by atoms with van der Waals surface area (Å²) in [7, 11) is 1.78. The summed E-state index contributed by atoms with van der Waals surface area (Å²) >= 11 is 2.16. The van der Waals surface area contributed by atoms with Crippen molar-refractivity contribution in [3.8, 4) is 0 Å². The normalized spacial score (nSPS) is 38.0. The number of thioether (sulfide) groups is 1. The molecule has 3 nitrogen and oxygen atoms in total. The Morgan fingerprint density at radius 3 is 2.38 bits per heavy atom. The highest BCUT2D eigenvalue weighted by molar-refractivity contribution is 8.00. The third-order valence-corrected chi connectivity index (χ3v) is 8.65. The van der Waals surface area contributed by atoms with Gasteiger partial charge >= 0.3 is 0 Å². The molecule has 2 aliphatic heterocycles. The van der Waals surface area contributed by atoms with Crippen LogP contribution < -0.4 is 0 Å². The van der Waals surface area contributed by atoms with Crippen molar-refractivity contribution in [3.05, 3.63) is 0 Å². The largest absolute Gasteiger partial charge is 0.393 e. The van der Waals surface area contributed by atoms with Crippen LogP contribution in [0.5, 0.6) is 0 Å². The summed E-state index contributed by atoms with van der Waals surface area (Å²) in [5.74, 6) is 2.85. The van der Waals surface area contributed by atoms with Crippen LogP contribution in [0.4, 0.5) is 0 Å². The van der Waals surface area contributed by atoms with Gasteiger partial charge in [-0.2, -0.15) is 11.8 Å². The number of rotatable bonds is 4. The first kappa shape index (κ1) is 25.5. The van der Waals surface area contributed by atoms with Crippen molar-refractivity contribution in [2.24, 2.45) is 17.8 Å². The van der Waals surface area contributed by atoms with Gasteiger partial charge in [-0.1, -0.05) is 59.3 Å². The molecule has 0 aromatic rings. The summed E-state index contributed by atoms with van der Waals surface area (Å²) in [6, 6.07) is 0. The summed E-state index contributed by atoms with van der Waals surface area (Å²) in [5, 5.41) is 11.5. The van der Waals surface area contributed by atoms with Crippen molar-refractivity contribution in [1.29, 1.82) is 0 Å². The first-order valence-electron chi connectivity index (χ1n) is 12.5. The van der Waals surface area contributed by atoms with Crippen molar-refractivity contribution < 1.29 is 14.6 Å². The van der Waals surface area contributed by atoms with Gasteiger partial charge in [0.2, 0.25) is 0 Å². The first-order valence-corrected chi connectivity index (χ1v) is 13.5. The molecule has 0 spiro atoms. The molecule has 2 rings (SSSR count). The van der Waals surface area contributed by atoms with Gasteiger partial charge in [-0.15, -0.1) is 0 Å². The van der Waals surface area contributed by atoms with Gasteiger partial charge < -0.3 is 14.6 Å². The Bertz CT molecular complexity index is 413. The molecule has 172 valence electrons. The number of methoxy groups -OCH3 is 1. The minimum Gasteiger partial charge on any atom is -0.393 e. The van der Waals surface area contributed by atoms with E-state index in [9.17, 15) is 5.11 Å². The highest BCUT2D eigenvalue weighted by atomic mass is 32.2. The molecule has 2 saturated heterocycles.